The fourth-order valence-electron chi connectivity index (χ4n) is 2.12. The van der Waals surface area contributed by atoms with Gasteiger partial charge in [0, 0.05) is 17.1 Å². The van der Waals surface area contributed by atoms with Gasteiger partial charge in [-0.15, -0.1) is 0 Å². The summed E-state index contributed by atoms with van der Waals surface area (Å²) < 4.78 is 5.48. The molecule has 0 bridgehead atoms. The molecule has 1 fully saturated rings. The van der Waals surface area contributed by atoms with Gasteiger partial charge in [0.2, 0.25) is 0 Å². The van der Waals surface area contributed by atoms with Crippen LogP contribution in [0.25, 0.3) is 16.8 Å². The molecule has 1 aliphatic rings. The Balaban J connectivity index is 2.26. The molecule has 2 atom stereocenters. The SMILES string of the molecule is C=Cc1c(C2OC2C)ncc2ccccc12. The van der Waals surface area contributed by atoms with E-state index in [2.05, 4.69) is 30.6 Å². The lowest BCUT2D eigenvalue weighted by molar-refractivity contribution is 0.380. The van der Waals surface area contributed by atoms with Gasteiger partial charge >= 0.3 is 0 Å². The molecule has 0 spiro atoms. The van der Waals surface area contributed by atoms with E-state index in [4.69, 9.17) is 4.74 Å². The highest BCUT2D eigenvalue weighted by atomic mass is 16.6. The van der Waals surface area contributed by atoms with E-state index < -0.39 is 0 Å². The average molecular weight is 211 g/mol. The Morgan fingerprint density at radius 1 is 1.38 bits per heavy atom. The Bertz CT molecular complexity index is 562. The molecule has 0 amide bonds. The summed E-state index contributed by atoms with van der Waals surface area (Å²) in [6.07, 6.45) is 4.22. The number of aromatic nitrogens is 1. The maximum Gasteiger partial charge on any atom is 0.126 e. The van der Waals surface area contributed by atoms with E-state index in [9.17, 15) is 0 Å². The van der Waals surface area contributed by atoms with Gasteiger partial charge in [0.25, 0.3) is 0 Å². The second-order valence-corrected chi connectivity index (χ2v) is 4.11. The van der Waals surface area contributed by atoms with E-state index in [0.29, 0.717) is 0 Å². The van der Waals surface area contributed by atoms with Crippen molar-refractivity contribution in [3.8, 4) is 0 Å². The van der Waals surface area contributed by atoms with Gasteiger partial charge in [-0.05, 0) is 12.3 Å². The van der Waals surface area contributed by atoms with E-state index >= 15 is 0 Å². The van der Waals surface area contributed by atoms with Crippen LogP contribution in [0.2, 0.25) is 0 Å². The highest BCUT2D eigenvalue weighted by Gasteiger charge is 2.38. The number of ether oxygens (including phenoxy) is 1. The van der Waals surface area contributed by atoms with Crippen LogP contribution in [0.1, 0.15) is 24.3 Å². The van der Waals surface area contributed by atoms with E-state index in [1.54, 1.807) is 0 Å². The van der Waals surface area contributed by atoms with E-state index in [0.717, 1.165) is 16.6 Å². The molecule has 0 saturated carbocycles. The average Bonchev–Trinajstić information content (AvgIpc) is 3.04. The lowest BCUT2D eigenvalue weighted by Crippen LogP contribution is -1.94. The van der Waals surface area contributed by atoms with Crippen molar-refractivity contribution in [2.45, 2.75) is 19.1 Å². The predicted octanol–water partition coefficient (Wildman–Crippen LogP) is 3.34. The van der Waals surface area contributed by atoms with Crippen molar-refractivity contribution < 1.29 is 4.74 Å². The fraction of sp³-hybridized carbons (Fsp3) is 0.214. The molecule has 1 aromatic heterocycles. The zero-order valence-corrected chi connectivity index (χ0v) is 9.18. The van der Waals surface area contributed by atoms with Gasteiger partial charge in [-0.25, -0.2) is 0 Å². The Hall–Kier alpha value is -1.67. The molecule has 1 aliphatic heterocycles. The van der Waals surface area contributed by atoms with Crippen molar-refractivity contribution in [2.75, 3.05) is 0 Å². The number of hydrogen-bond donors (Lipinski definition) is 0. The van der Waals surface area contributed by atoms with E-state index in [1.807, 2.05) is 24.4 Å². The Morgan fingerprint density at radius 3 is 2.81 bits per heavy atom. The molecular formula is C14H13NO. The largest absolute Gasteiger partial charge is 0.363 e. The number of rotatable bonds is 2. The van der Waals surface area contributed by atoms with Gasteiger partial charge in [0.1, 0.15) is 6.10 Å². The summed E-state index contributed by atoms with van der Waals surface area (Å²) in [5.41, 5.74) is 2.12. The van der Waals surface area contributed by atoms with Crippen molar-refractivity contribution >= 4 is 16.8 Å². The van der Waals surface area contributed by atoms with Gasteiger partial charge in [0.15, 0.2) is 0 Å². The van der Waals surface area contributed by atoms with Crippen LogP contribution in [0.15, 0.2) is 37.0 Å². The molecule has 2 aromatic rings. The Kier molecular flexibility index (Phi) is 2.04. The molecule has 1 saturated heterocycles. The van der Waals surface area contributed by atoms with Gasteiger partial charge in [-0.1, -0.05) is 36.9 Å². The Morgan fingerprint density at radius 2 is 2.12 bits per heavy atom. The zero-order valence-electron chi connectivity index (χ0n) is 9.18. The van der Waals surface area contributed by atoms with Crippen molar-refractivity contribution in [1.29, 1.82) is 0 Å². The smallest absolute Gasteiger partial charge is 0.126 e. The lowest BCUT2D eigenvalue weighted by atomic mass is 10.0. The van der Waals surface area contributed by atoms with Crippen LogP contribution >= 0.6 is 0 Å². The third-order valence-electron chi connectivity index (χ3n) is 3.05. The molecule has 1 aromatic carbocycles. The summed E-state index contributed by atoms with van der Waals surface area (Å²) in [5.74, 6) is 0. The second-order valence-electron chi connectivity index (χ2n) is 4.11. The monoisotopic (exact) mass is 211 g/mol. The third kappa shape index (κ3) is 1.34. The summed E-state index contributed by atoms with van der Waals surface area (Å²) in [4.78, 5) is 4.49. The van der Waals surface area contributed by atoms with Crippen molar-refractivity contribution in [3.63, 3.8) is 0 Å². The number of nitrogens with zero attached hydrogens (tertiary/aromatic N) is 1. The molecule has 2 heterocycles. The van der Waals surface area contributed by atoms with Crippen LogP contribution in [-0.2, 0) is 4.74 Å². The van der Waals surface area contributed by atoms with Crippen LogP contribution in [0.4, 0.5) is 0 Å². The molecule has 2 unspecified atom stereocenters. The maximum atomic E-state index is 5.48. The molecule has 80 valence electrons. The lowest BCUT2D eigenvalue weighted by Gasteiger charge is -2.06. The first-order chi connectivity index (χ1) is 7.81. The predicted molar refractivity (Wildman–Crippen MR) is 65.1 cm³/mol. The topological polar surface area (TPSA) is 25.4 Å². The molecule has 0 N–H and O–H groups in total. The van der Waals surface area contributed by atoms with Gasteiger partial charge < -0.3 is 4.74 Å². The molecule has 16 heavy (non-hydrogen) atoms. The fourth-order valence-corrected chi connectivity index (χ4v) is 2.12. The second kappa shape index (κ2) is 3.42. The number of fused-ring (bicyclic) bond motifs is 1. The van der Waals surface area contributed by atoms with Crippen molar-refractivity contribution in [1.82, 2.24) is 4.98 Å². The van der Waals surface area contributed by atoms with Gasteiger partial charge in [0.05, 0.1) is 11.8 Å². The van der Waals surface area contributed by atoms with E-state index in [-0.39, 0.29) is 12.2 Å². The van der Waals surface area contributed by atoms with E-state index in [1.165, 1.54) is 5.39 Å². The van der Waals surface area contributed by atoms with Crippen molar-refractivity contribution in [2.24, 2.45) is 0 Å². The maximum absolute atomic E-state index is 5.48. The third-order valence-corrected chi connectivity index (χ3v) is 3.05. The minimum absolute atomic E-state index is 0.151. The number of epoxide rings is 1. The summed E-state index contributed by atoms with van der Waals surface area (Å²) in [6, 6.07) is 8.23. The van der Waals surface area contributed by atoms with Gasteiger partial charge in [-0.3, -0.25) is 4.98 Å². The highest BCUT2D eigenvalue weighted by molar-refractivity contribution is 5.90. The molecule has 3 rings (SSSR count). The molecule has 0 radical (unpaired) electrons. The molecule has 2 heteroatoms. The first-order valence-corrected chi connectivity index (χ1v) is 5.47. The molecular weight excluding hydrogens is 198 g/mol. The standard InChI is InChI=1S/C14H13NO/c1-3-11-12-7-5-4-6-10(12)8-15-13(11)14-9(2)16-14/h3-9,14H,1H2,2H3. The highest BCUT2D eigenvalue weighted by Crippen LogP contribution is 2.40. The van der Waals surface area contributed by atoms with Crippen LogP contribution in [0.3, 0.4) is 0 Å². The Labute approximate surface area is 94.6 Å². The zero-order chi connectivity index (χ0) is 11.1. The van der Waals surface area contributed by atoms with Gasteiger partial charge in [-0.2, -0.15) is 0 Å². The normalized spacial score (nSPS) is 23.3. The van der Waals surface area contributed by atoms with Crippen molar-refractivity contribution in [3.05, 3.63) is 48.3 Å². The van der Waals surface area contributed by atoms with Crippen LogP contribution < -0.4 is 0 Å². The molecule has 2 nitrogen and oxygen atoms in total. The van der Waals surface area contributed by atoms with Crippen LogP contribution in [-0.4, -0.2) is 11.1 Å². The first kappa shape index (κ1) is 9.55. The minimum atomic E-state index is 0.151. The quantitative estimate of drug-likeness (QED) is 0.712. The number of pyridine rings is 1. The first-order valence-electron chi connectivity index (χ1n) is 5.47. The number of hydrogen-bond acceptors (Lipinski definition) is 2. The summed E-state index contributed by atoms with van der Waals surface area (Å²) in [7, 11) is 0. The summed E-state index contributed by atoms with van der Waals surface area (Å²) >= 11 is 0. The van der Waals surface area contributed by atoms with Crippen LogP contribution in [0.5, 0.6) is 0 Å². The number of benzene rings is 1. The summed E-state index contributed by atoms with van der Waals surface area (Å²) in [6.45, 7) is 5.95. The minimum Gasteiger partial charge on any atom is -0.363 e. The summed E-state index contributed by atoms with van der Waals surface area (Å²) in [5, 5.41) is 2.35. The van der Waals surface area contributed by atoms with Crippen LogP contribution in [0, 0.1) is 0 Å². The molecule has 0 aliphatic carbocycles.